The van der Waals surface area contributed by atoms with Gasteiger partial charge in [-0.15, -0.1) is 0 Å². The third-order valence-electron chi connectivity index (χ3n) is 4.21. The fraction of sp³-hybridized carbons (Fsp3) is 0.571. The average Bonchev–Trinajstić information content (AvgIpc) is 2.96. The van der Waals surface area contributed by atoms with Crippen LogP contribution in [0.3, 0.4) is 0 Å². The van der Waals surface area contributed by atoms with Crippen molar-refractivity contribution in [2.75, 3.05) is 6.61 Å². The highest BCUT2D eigenvalue weighted by Crippen LogP contribution is 2.36. The van der Waals surface area contributed by atoms with Crippen LogP contribution in [0.1, 0.15) is 47.8 Å². The number of ether oxygens (including phenoxy) is 1. The molecular formula is C14H17N3O2. The summed E-state index contributed by atoms with van der Waals surface area (Å²) in [5.41, 5.74) is 3.43. The van der Waals surface area contributed by atoms with Crippen molar-refractivity contribution in [3.05, 3.63) is 35.0 Å². The van der Waals surface area contributed by atoms with Gasteiger partial charge < -0.3 is 9.26 Å². The van der Waals surface area contributed by atoms with Crippen molar-refractivity contribution in [1.29, 1.82) is 0 Å². The Morgan fingerprint density at radius 3 is 3.16 bits per heavy atom. The van der Waals surface area contributed by atoms with Gasteiger partial charge >= 0.3 is 0 Å². The van der Waals surface area contributed by atoms with Gasteiger partial charge in [0.05, 0.1) is 26.0 Å². The Labute approximate surface area is 111 Å². The Hall–Kier alpha value is -1.62. The summed E-state index contributed by atoms with van der Waals surface area (Å²) in [7, 11) is 0. The molecule has 0 N–H and O–H groups in total. The minimum absolute atomic E-state index is 0.616. The van der Waals surface area contributed by atoms with Gasteiger partial charge in [0.2, 0.25) is 0 Å². The van der Waals surface area contributed by atoms with E-state index in [2.05, 4.69) is 16.5 Å². The number of hydrogen-bond donors (Lipinski definition) is 0. The maximum atomic E-state index is 5.47. The van der Waals surface area contributed by atoms with E-state index in [1.54, 1.807) is 0 Å². The number of hydrogen-bond acceptors (Lipinski definition) is 4. The van der Waals surface area contributed by atoms with Crippen LogP contribution >= 0.6 is 0 Å². The van der Waals surface area contributed by atoms with E-state index in [9.17, 15) is 0 Å². The molecule has 5 nitrogen and oxygen atoms in total. The van der Waals surface area contributed by atoms with Crippen LogP contribution in [-0.2, 0) is 24.3 Å². The quantitative estimate of drug-likeness (QED) is 0.848. The number of nitrogens with zero attached hydrogens (tertiary/aromatic N) is 3. The van der Waals surface area contributed by atoms with E-state index in [0.717, 1.165) is 36.0 Å². The Morgan fingerprint density at radius 1 is 1.37 bits per heavy atom. The van der Waals surface area contributed by atoms with E-state index >= 15 is 0 Å². The summed E-state index contributed by atoms with van der Waals surface area (Å²) in [6.45, 7) is 2.02. The first-order valence-electron chi connectivity index (χ1n) is 6.96. The van der Waals surface area contributed by atoms with Crippen LogP contribution < -0.4 is 0 Å². The van der Waals surface area contributed by atoms with Crippen molar-refractivity contribution in [3.8, 4) is 0 Å². The molecule has 100 valence electrons. The first kappa shape index (κ1) is 11.2. The van der Waals surface area contributed by atoms with E-state index in [1.807, 2.05) is 10.9 Å². The Morgan fingerprint density at radius 2 is 2.32 bits per heavy atom. The van der Waals surface area contributed by atoms with Gasteiger partial charge in [0.25, 0.3) is 0 Å². The molecule has 2 aliphatic rings. The summed E-state index contributed by atoms with van der Waals surface area (Å²) in [4.78, 5) is 0. The molecule has 2 aromatic rings. The van der Waals surface area contributed by atoms with Crippen LogP contribution in [0.4, 0.5) is 0 Å². The van der Waals surface area contributed by atoms with E-state index in [4.69, 9.17) is 9.26 Å². The molecule has 0 spiro atoms. The van der Waals surface area contributed by atoms with Gasteiger partial charge in [-0.1, -0.05) is 11.6 Å². The predicted molar refractivity (Wildman–Crippen MR) is 67.8 cm³/mol. The maximum Gasteiger partial charge on any atom is 0.144 e. The van der Waals surface area contributed by atoms with Gasteiger partial charge in [-0.05, 0) is 24.3 Å². The molecule has 1 saturated carbocycles. The molecule has 5 heteroatoms. The van der Waals surface area contributed by atoms with Crippen molar-refractivity contribution in [1.82, 2.24) is 14.9 Å². The molecule has 19 heavy (non-hydrogen) atoms. The molecule has 0 bridgehead atoms. The molecule has 0 saturated heterocycles. The zero-order valence-corrected chi connectivity index (χ0v) is 10.8. The van der Waals surface area contributed by atoms with E-state index in [0.29, 0.717) is 13.2 Å². The van der Waals surface area contributed by atoms with Crippen molar-refractivity contribution < 1.29 is 9.26 Å². The maximum absolute atomic E-state index is 5.47. The normalized spacial score (nSPS) is 19.2. The van der Waals surface area contributed by atoms with Gasteiger partial charge in [0.15, 0.2) is 0 Å². The predicted octanol–water partition coefficient (Wildman–Crippen LogP) is 2.26. The first-order valence-corrected chi connectivity index (χ1v) is 6.96. The Bertz CT molecular complexity index is 583. The fourth-order valence-electron chi connectivity index (χ4n) is 2.78. The zero-order chi connectivity index (χ0) is 12.7. The standard InChI is InChI=1S/C14H17N3O2/c1-2-10(3-1)11-6-15-17(7-11)8-13-12-9-18-5-4-14(12)19-16-13/h6-7,10H,1-5,8-9H2. The molecule has 0 amide bonds. The second-order valence-corrected chi connectivity index (χ2v) is 5.43. The highest BCUT2D eigenvalue weighted by molar-refractivity contribution is 5.24. The summed E-state index contributed by atoms with van der Waals surface area (Å²) in [6, 6.07) is 0. The third kappa shape index (κ3) is 1.98. The SMILES string of the molecule is c1nn(Cc2noc3c2COCC3)cc1C1CCC1. The summed E-state index contributed by atoms with van der Waals surface area (Å²) in [5.74, 6) is 1.70. The van der Waals surface area contributed by atoms with Crippen LogP contribution in [0.2, 0.25) is 0 Å². The molecule has 2 aromatic heterocycles. The van der Waals surface area contributed by atoms with Crippen LogP contribution in [0.25, 0.3) is 0 Å². The smallest absolute Gasteiger partial charge is 0.144 e. The topological polar surface area (TPSA) is 53.1 Å². The molecular weight excluding hydrogens is 242 g/mol. The van der Waals surface area contributed by atoms with Crippen molar-refractivity contribution in [3.63, 3.8) is 0 Å². The molecule has 0 radical (unpaired) electrons. The van der Waals surface area contributed by atoms with Gasteiger partial charge in [0, 0.05) is 18.2 Å². The second kappa shape index (κ2) is 4.49. The molecule has 1 aliphatic carbocycles. The summed E-state index contributed by atoms with van der Waals surface area (Å²) >= 11 is 0. The lowest BCUT2D eigenvalue weighted by Gasteiger charge is -2.23. The van der Waals surface area contributed by atoms with Gasteiger partial charge in [0.1, 0.15) is 11.5 Å². The molecule has 1 aliphatic heterocycles. The summed E-state index contributed by atoms with van der Waals surface area (Å²) in [5, 5.41) is 8.60. The Balaban J connectivity index is 1.54. The van der Waals surface area contributed by atoms with Crippen LogP contribution in [-0.4, -0.2) is 21.5 Å². The Kier molecular flexibility index (Phi) is 2.65. The highest BCUT2D eigenvalue weighted by Gasteiger charge is 2.22. The number of fused-ring (bicyclic) bond motifs is 1. The van der Waals surface area contributed by atoms with E-state index in [-0.39, 0.29) is 0 Å². The van der Waals surface area contributed by atoms with Crippen LogP contribution in [0.5, 0.6) is 0 Å². The fourth-order valence-corrected chi connectivity index (χ4v) is 2.78. The monoisotopic (exact) mass is 259 g/mol. The molecule has 0 unspecified atom stereocenters. The first-order chi connectivity index (χ1) is 9.40. The van der Waals surface area contributed by atoms with Gasteiger partial charge in [-0.2, -0.15) is 5.10 Å². The number of aromatic nitrogens is 3. The van der Waals surface area contributed by atoms with Gasteiger partial charge in [-0.25, -0.2) is 0 Å². The summed E-state index contributed by atoms with van der Waals surface area (Å²) < 4.78 is 12.8. The van der Waals surface area contributed by atoms with Crippen LogP contribution in [0.15, 0.2) is 16.9 Å². The molecule has 0 atom stereocenters. The largest absolute Gasteiger partial charge is 0.376 e. The third-order valence-corrected chi connectivity index (χ3v) is 4.21. The van der Waals surface area contributed by atoms with Crippen molar-refractivity contribution in [2.45, 2.75) is 44.8 Å². The molecule has 4 rings (SSSR count). The van der Waals surface area contributed by atoms with Crippen molar-refractivity contribution in [2.24, 2.45) is 0 Å². The highest BCUT2D eigenvalue weighted by atomic mass is 16.5. The molecule has 1 fully saturated rings. The lowest BCUT2D eigenvalue weighted by atomic mass is 9.81. The average molecular weight is 259 g/mol. The number of rotatable bonds is 3. The van der Waals surface area contributed by atoms with E-state index < -0.39 is 0 Å². The summed E-state index contributed by atoms with van der Waals surface area (Å²) in [6.07, 6.45) is 8.93. The molecule has 0 aromatic carbocycles. The minimum atomic E-state index is 0.616. The van der Waals surface area contributed by atoms with Crippen LogP contribution in [0, 0.1) is 0 Å². The zero-order valence-electron chi connectivity index (χ0n) is 10.8. The molecule has 3 heterocycles. The van der Waals surface area contributed by atoms with E-state index in [1.165, 1.54) is 24.8 Å². The minimum Gasteiger partial charge on any atom is -0.376 e. The lowest BCUT2D eigenvalue weighted by Crippen LogP contribution is -2.11. The lowest BCUT2D eigenvalue weighted by molar-refractivity contribution is 0.102. The second-order valence-electron chi connectivity index (χ2n) is 5.43. The van der Waals surface area contributed by atoms with Crippen molar-refractivity contribution >= 4 is 0 Å². The van der Waals surface area contributed by atoms with Gasteiger partial charge in [-0.3, -0.25) is 4.68 Å².